The normalized spacial score (nSPS) is 9.64. The van der Waals surface area contributed by atoms with Gasteiger partial charge in [0.1, 0.15) is 35.3 Å². The summed E-state index contributed by atoms with van der Waals surface area (Å²) in [5.41, 5.74) is 0.385. The summed E-state index contributed by atoms with van der Waals surface area (Å²) in [5, 5.41) is 35.4. The van der Waals surface area contributed by atoms with Crippen LogP contribution in [0.4, 0.5) is 0 Å². The fourth-order valence-electron chi connectivity index (χ4n) is 1.84. The zero-order valence-electron chi connectivity index (χ0n) is 10.7. The van der Waals surface area contributed by atoms with Gasteiger partial charge in [0.05, 0.1) is 0 Å². The van der Waals surface area contributed by atoms with Crippen molar-refractivity contribution in [1.29, 1.82) is 21.0 Å². The van der Waals surface area contributed by atoms with Gasteiger partial charge in [-0.05, 0) is 12.1 Å². The second kappa shape index (κ2) is 4.76. The van der Waals surface area contributed by atoms with Crippen molar-refractivity contribution in [3.63, 3.8) is 0 Å². The third kappa shape index (κ3) is 1.74. The van der Waals surface area contributed by atoms with Crippen LogP contribution in [0.25, 0.3) is 33.3 Å². The van der Waals surface area contributed by atoms with Gasteiger partial charge in [0.15, 0.2) is 22.3 Å². The van der Waals surface area contributed by atoms with Gasteiger partial charge >= 0.3 is 0 Å². The molecule has 8 nitrogen and oxygen atoms in total. The molecule has 0 saturated carbocycles. The van der Waals surface area contributed by atoms with Crippen LogP contribution in [0.15, 0.2) is 21.0 Å². The highest BCUT2D eigenvalue weighted by molar-refractivity contribution is 5.98. The summed E-state index contributed by atoms with van der Waals surface area (Å²) in [6, 6.07) is 9.81. The van der Waals surface area contributed by atoms with Crippen LogP contribution in [-0.2, 0) is 0 Å². The molecule has 0 bridgehead atoms. The lowest BCUT2D eigenvalue weighted by Crippen LogP contribution is -2.04. The predicted molar refractivity (Wildman–Crippen MR) is 70.1 cm³/mol. The Morgan fingerprint density at radius 2 is 1.09 bits per heavy atom. The lowest BCUT2D eigenvalue weighted by molar-refractivity contribution is 0.556. The Labute approximate surface area is 121 Å². The van der Waals surface area contributed by atoms with E-state index in [4.69, 9.17) is 29.9 Å². The topological polar surface area (TPSA) is 147 Å². The standard InChI is InChI=1S/C14H2N6O2/c15-3-7(4-16)13-19-11-9(21-13)1-2-10-12(11)20-14(22-10)8(5-17)6-18/h1-2H. The van der Waals surface area contributed by atoms with Crippen LogP contribution in [0.5, 0.6) is 0 Å². The molecular weight excluding hydrogens is 284 g/mol. The minimum atomic E-state index is -0.269. The molecule has 22 heavy (non-hydrogen) atoms. The van der Waals surface area contributed by atoms with Crippen molar-refractivity contribution in [3.8, 4) is 24.3 Å². The van der Waals surface area contributed by atoms with Gasteiger partial charge in [0.2, 0.25) is 11.1 Å². The second-order valence-electron chi connectivity index (χ2n) is 3.99. The molecule has 0 amide bonds. The molecule has 3 rings (SSSR count). The number of nitrogens with zero attached hydrogens (tertiary/aromatic N) is 6. The van der Waals surface area contributed by atoms with E-state index in [1.165, 1.54) is 12.1 Å². The third-order valence-corrected chi connectivity index (χ3v) is 2.79. The number of benzene rings is 1. The average molecular weight is 286 g/mol. The molecule has 0 spiro atoms. The summed E-state index contributed by atoms with van der Waals surface area (Å²) in [7, 11) is 0. The van der Waals surface area contributed by atoms with Gasteiger partial charge in [-0.2, -0.15) is 21.0 Å². The molecule has 1 aromatic carbocycles. The molecule has 100 valence electrons. The highest BCUT2D eigenvalue weighted by Crippen LogP contribution is 2.20. The Hall–Kier alpha value is -4.14. The van der Waals surface area contributed by atoms with E-state index in [0.717, 1.165) is 0 Å². The lowest BCUT2D eigenvalue weighted by Gasteiger charge is -1.85. The summed E-state index contributed by atoms with van der Waals surface area (Å²) in [6.45, 7) is 0. The van der Waals surface area contributed by atoms with Gasteiger partial charge in [-0.1, -0.05) is 0 Å². The summed E-state index contributed by atoms with van der Waals surface area (Å²) in [5.74, 6) is 0. The van der Waals surface area contributed by atoms with Crippen molar-refractivity contribution >= 4 is 33.3 Å². The molecule has 2 heterocycles. The minimum absolute atomic E-state index is 0.123. The minimum Gasteiger partial charge on any atom is -0.435 e. The van der Waals surface area contributed by atoms with Crippen LogP contribution in [0.3, 0.4) is 0 Å². The van der Waals surface area contributed by atoms with Crippen LogP contribution < -0.4 is 11.1 Å². The smallest absolute Gasteiger partial charge is 0.249 e. The SMILES string of the molecule is N#CC(C#N)=c1nc2c(ccc3oc(=C(C#N)C#N)nc32)o1. The molecule has 0 aliphatic heterocycles. The average Bonchev–Trinajstić information content (AvgIpc) is 3.13. The molecule has 0 radical (unpaired) electrons. The highest BCUT2D eigenvalue weighted by atomic mass is 16.3. The fourth-order valence-corrected chi connectivity index (χ4v) is 1.84. The number of rotatable bonds is 0. The first-order valence-corrected chi connectivity index (χ1v) is 5.77. The quantitative estimate of drug-likeness (QED) is 0.575. The van der Waals surface area contributed by atoms with E-state index < -0.39 is 0 Å². The van der Waals surface area contributed by atoms with Crippen molar-refractivity contribution < 1.29 is 8.83 Å². The number of fused-ring (bicyclic) bond motifs is 3. The van der Waals surface area contributed by atoms with Crippen molar-refractivity contribution in [1.82, 2.24) is 9.97 Å². The van der Waals surface area contributed by atoms with Gasteiger partial charge < -0.3 is 8.83 Å². The van der Waals surface area contributed by atoms with Crippen LogP contribution in [0, 0.1) is 45.3 Å². The molecule has 0 aliphatic rings. The summed E-state index contributed by atoms with van der Waals surface area (Å²) < 4.78 is 10.7. The van der Waals surface area contributed by atoms with Gasteiger partial charge in [-0.25, -0.2) is 9.97 Å². The van der Waals surface area contributed by atoms with Crippen molar-refractivity contribution in [3.05, 3.63) is 23.2 Å². The first-order valence-electron chi connectivity index (χ1n) is 5.77. The van der Waals surface area contributed by atoms with Crippen LogP contribution in [0.2, 0.25) is 0 Å². The third-order valence-electron chi connectivity index (χ3n) is 2.79. The van der Waals surface area contributed by atoms with Crippen LogP contribution in [-0.4, -0.2) is 9.97 Å². The molecule has 8 heteroatoms. The molecular formula is C14H2N6O2. The molecule has 2 aromatic heterocycles. The Balaban J connectivity index is 2.50. The van der Waals surface area contributed by atoms with Gasteiger partial charge in [0, 0.05) is 0 Å². The molecule has 0 fully saturated rings. The van der Waals surface area contributed by atoms with E-state index in [0.29, 0.717) is 11.2 Å². The number of oxazole rings is 2. The zero-order chi connectivity index (χ0) is 15.7. The second-order valence-corrected chi connectivity index (χ2v) is 3.99. The Kier molecular flexibility index (Phi) is 2.78. The number of hydrogen-bond donors (Lipinski definition) is 0. The summed E-state index contributed by atoms with van der Waals surface area (Å²) in [4.78, 5) is 8.12. The Morgan fingerprint density at radius 3 is 1.41 bits per heavy atom. The maximum Gasteiger partial charge on any atom is 0.249 e. The van der Waals surface area contributed by atoms with Crippen LogP contribution >= 0.6 is 0 Å². The molecule has 0 aliphatic carbocycles. The van der Waals surface area contributed by atoms with E-state index >= 15 is 0 Å². The fraction of sp³-hybridized carbons (Fsp3) is 0. The van der Waals surface area contributed by atoms with E-state index in [2.05, 4.69) is 9.97 Å². The van der Waals surface area contributed by atoms with E-state index in [9.17, 15) is 0 Å². The van der Waals surface area contributed by atoms with Crippen LogP contribution in [0.1, 0.15) is 0 Å². The molecule has 0 saturated heterocycles. The molecule has 3 aromatic rings. The summed E-state index contributed by atoms with van der Waals surface area (Å²) in [6.07, 6.45) is 0. The number of aromatic nitrogens is 2. The monoisotopic (exact) mass is 286 g/mol. The molecule has 0 atom stereocenters. The predicted octanol–water partition coefficient (Wildman–Crippen LogP) is 0.365. The number of nitriles is 4. The van der Waals surface area contributed by atoms with Crippen molar-refractivity contribution in [2.24, 2.45) is 0 Å². The van der Waals surface area contributed by atoms with E-state index in [-0.39, 0.29) is 33.3 Å². The first kappa shape index (κ1) is 12.9. The van der Waals surface area contributed by atoms with Gasteiger partial charge in [0.25, 0.3) is 0 Å². The largest absolute Gasteiger partial charge is 0.435 e. The van der Waals surface area contributed by atoms with Gasteiger partial charge in [-0.15, -0.1) is 0 Å². The zero-order valence-corrected chi connectivity index (χ0v) is 10.7. The Morgan fingerprint density at radius 1 is 0.727 bits per heavy atom. The Bertz CT molecular complexity index is 1090. The van der Waals surface area contributed by atoms with Crippen molar-refractivity contribution in [2.75, 3.05) is 0 Å². The van der Waals surface area contributed by atoms with Gasteiger partial charge in [-0.3, -0.25) is 0 Å². The number of hydrogen-bond acceptors (Lipinski definition) is 8. The summed E-state index contributed by atoms with van der Waals surface area (Å²) >= 11 is 0. The lowest BCUT2D eigenvalue weighted by atomic mass is 10.3. The molecule has 0 N–H and O–H groups in total. The molecule has 0 unspecified atom stereocenters. The van der Waals surface area contributed by atoms with E-state index in [1.807, 2.05) is 0 Å². The van der Waals surface area contributed by atoms with Crippen molar-refractivity contribution in [2.45, 2.75) is 0 Å². The first-order chi connectivity index (χ1) is 10.7. The van der Waals surface area contributed by atoms with E-state index in [1.54, 1.807) is 24.3 Å². The maximum absolute atomic E-state index is 8.84. The highest BCUT2D eigenvalue weighted by Gasteiger charge is 2.13. The maximum atomic E-state index is 8.84.